The van der Waals surface area contributed by atoms with Crippen molar-refractivity contribution < 1.29 is 9.53 Å². The minimum Gasteiger partial charge on any atom is -0.457 e. The van der Waals surface area contributed by atoms with Crippen LogP contribution < -0.4 is 15.4 Å². The summed E-state index contributed by atoms with van der Waals surface area (Å²) in [7, 11) is 1.78. The van der Waals surface area contributed by atoms with E-state index in [2.05, 4.69) is 23.6 Å². The number of nitrogens with one attached hydrogen (secondary N) is 2. The molecule has 1 unspecified atom stereocenters. The number of hydrogen-bond acceptors (Lipinski definition) is 3. The van der Waals surface area contributed by atoms with Crippen LogP contribution in [0.5, 0.6) is 11.5 Å². The zero-order valence-electron chi connectivity index (χ0n) is 12.1. The lowest BCUT2D eigenvalue weighted by Gasteiger charge is -2.10. The molecule has 4 nitrogen and oxygen atoms in total. The maximum absolute atomic E-state index is 11.8. The Labute approximate surface area is 124 Å². The van der Waals surface area contributed by atoms with Gasteiger partial charge in [0.25, 0.3) is 0 Å². The van der Waals surface area contributed by atoms with Crippen molar-refractivity contribution in [3.63, 3.8) is 0 Å². The van der Waals surface area contributed by atoms with E-state index in [0.29, 0.717) is 0 Å². The molecule has 0 fully saturated rings. The van der Waals surface area contributed by atoms with Crippen LogP contribution in [0.4, 0.5) is 5.69 Å². The van der Waals surface area contributed by atoms with E-state index in [4.69, 9.17) is 4.74 Å². The minimum atomic E-state index is -0.280. The highest BCUT2D eigenvalue weighted by molar-refractivity contribution is 6.02. The summed E-state index contributed by atoms with van der Waals surface area (Å²) in [6, 6.07) is 13.4. The number of rotatable bonds is 4. The molecular weight excluding hydrogens is 264 g/mol. The number of amides is 1. The number of benzene rings is 2. The van der Waals surface area contributed by atoms with Crippen LogP contribution in [0.3, 0.4) is 0 Å². The fourth-order valence-corrected chi connectivity index (χ4v) is 2.56. The quantitative estimate of drug-likeness (QED) is 0.905. The maximum Gasteiger partial charge on any atom is 0.246 e. The van der Waals surface area contributed by atoms with E-state index < -0.39 is 0 Å². The number of likely N-dealkylation sites (N-methyl/N-ethyl adjacent to an activating group) is 1. The molecule has 0 bridgehead atoms. The van der Waals surface area contributed by atoms with Crippen LogP contribution >= 0.6 is 0 Å². The average Bonchev–Trinajstić information content (AvgIpc) is 2.81. The SMILES string of the molecule is CCc1cccc(Oc2ccc3c(c2)NC(=O)C3NC)c1. The van der Waals surface area contributed by atoms with Gasteiger partial charge in [0.05, 0.1) is 0 Å². The van der Waals surface area contributed by atoms with Gasteiger partial charge in [0.1, 0.15) is 17.5 Å². The average molecular weight is 282 g/mol. The molecule has 0 saturated heterocycles. The van der Waals surface area contributed by atoms with Gasteiger partial charge in [-0.05, 0) is 37.2 Å². The summed E-state index contributed by atoms with van der Waals surface area (Å²) in [6.45, 7) is 2.11. The highest BCUT2D eigenvalue weighted by atomic mass is 16.5. The molecule has 4 heteroatoms. The zero-order valence-corrected chi connectivity index (χ0v) is 12.1. The monoisotopic (exact) mass is 282 g/mol. The largest absolute Gasteiger partial charge is 0.457 e. The highest BCUT2D eigenvalue weighted by Gasteiger charge is 2.29. The summed E-state index contributed by atoms with van der Waals surface area (Å²) in [4.78, 5) is 11.8. The molecule has 1 atom stereocenters. The van der Waals surface area contributed by atoms with Crippen LogP contribution in [0.25, 0.3) is 0 Å². The lowest BCUT2D eigenvalue weighted by molar-refractivity contribution is -0.117. The number of fused-ring (bicyclic) bond motifs is 1. The molecule has 0 aliphatic carbocycles. The van der Waals surface area contributed by atoms with Crippen LogP contribution in [-0.4, -0.2) is 13.0 Å². The van der Waals surface area contributed by atoms with Gasteiger partial charge in [-0.3, -0.25) is 4.79 Å². The Balaban J connectivity index is 1.85. The maximum atomic E-state index is 11.8. The van der Waals surface area contributed by atoms with Crippen LogP contribution in [0.2, 0.25) is 0 Å². The smallest absolute Gasteiger partial charge is 0.246 e. The molecule has 2 aromatic rings. The number of aryl methyl sites for hydroxylation is 1. The molecular formula is C17H18N2O2. The summed E-state index contributed by atoms with van der Waals surface area (Å²) in [5, 5.41) is 5.87. The van der Waals surface area contributed by atoms with E-state index in [0.717, 1.165) is 29.2 Å². The molecule has 2 N–H and O–H groups in total. The second-order valence-corrected chi connectivity index (χ2v) is 5.06. The van der Waals surface area contributed by atoms with Gasteiger partial charge in [-0.15, -0.1) is 0 Å². The lowest BCUT2D eigenvalue weighted by Crippen LogP contribution is -2.23. The van der Waals surface area contributed by atoms with Crippen molar-refractivity contribution >= 4 is 11.6 Å². The van der Waals surface area contributed by atoms with E-state index >= 15 is 0 Å². The van der Waals surface area contributed by atoms with Crippen molar-refractivity contribution in [3.8, 4) is 11.5 Å². The van der Waals surface area contributed by atoms with Crippen molar-refractivity contribution in [1.29, 1.82) is 0 Å². The highest BCUT2D eigenvalue weighted by Crippen LogP contribution is 2.35. The Kier molecular flexibility index (Phi) is 3.62. The fraction of sp³-hybridized carbons (Fsp3) is 0.235. The second kappa shape index (κ2) is 5.58. The number of carbonyl (C=O) groups excluding carboxylic acids is 1. The Morgan fingerprint density at radius 3 is 2.76 bits per heavy atom. The van der Waals surface area contributed by atoms with E-state index in [1.807, 2.05) is 36.4 Å². The van der Waals surface area contributed by atoms with Gasteiger partial charge in [0.15, 0.2) is 0 Å². The van der Waals surface area contributed by atoms with E-state index in [1.54, 1.807) is 7.05 Å². The van der Waals surface area contributed by atoms with E-state index in [9.17, 15) is 4.79 Å². The Hall–Kier alpha value is -2.33. The van der Waals surface area contributed by atoms with Crippen LogP contribution in [0.15, 0.2) is 42.5 Å². The van der Waals surface area contributed by atoms with Crippen molar-refractivity contribution in [3.05, 3.63) is 53.6 Å². The third-order valence-corrected chi connectivity index (χ3v) is 3.69. The number of carbonyl (C=O) groups is 1. The summed E-state index contributed by atoms with van der Waals surface area (Å²) < 4.78 is 5.88. The molecule has 1 aliphatic heterocycles. The van der Waals surface area contributed by atoms with Gasteiger partial charge in [0, 0.05) is 17.3 Å². The summed E-state index contributed by atoms with van der Waals surface area (Å²) in [6.07, 6.45) is 0.974. The zero-order chi connectivity index (χ0) is 14.8. The van der Waals surface area contributed by atoms with Gasteiger partial charge in [-0.2, -0.15) is 0 Å². The Morgan fingerprint density at radius 2 is 2.00 bits per heavy atom. The molecule has 0 saturated carbocycles. The molecule has 108 valence electrons. The lowest BCUT2D eigenvalue weighted by atomic mass is 10.1. The molecule has 1 heterocycles. The molecule has 1 amide bonds. The van der Waals surface area contributed by atoms with Gasteiger partial charge in [0.2, 0.25) is 5.91 Å². The first-order valence-corrected chi connectivity index (χ1v) is 7.10. The molecule has 0 radical (unpaired) electrons. The summed E-state index contributed by atoms with van der Waals surface area (Å²) in [5.74, 6) is 1.50. The molecule has 3 rings (SSSR count). The van der Waals surface area contributed by atoms with Crippen molar-refractivity contribution in [2.75, 3.05) is 12.4 Å². The third-order valence-electron chi connectivity index (χ3n) is 3.69. The van der Waals surface area contributed by atoms with Gasteiger partial charge in [-0.1, -0.05) is 25.1 Å². The van der Waals surface area contributed by atoms with E-state index in [-0.39, 0.29) is 11.9 Å². The first-order chi connectivity index (χ1) is 10.2. The topological polar surface area (TPSA) is 50.4 Å². The predicted octanol–water partition coefficient (Wildman–Crippen LogP) is 3.25. The van der Waals surface area contributed by atoms with Gasteiger partial charge >= 0.3 is 0 Å². The third kappa shape index (κ3) is 2.62. The van der Waals surface area contributed by atoms with Crippen molar-refractivity contribution in [2.24, 2.45) is 0 Å². The molecule has 0 aromatic heterocycles. The Morgan fingerprint density at radius 1 is 1.19 bits per heavy atom. The first kappa shape index (κ1) is 13.6. The Bertz CT molecular complexity index is 682. The minimum absolute atomic E-state index is 0.0300. The van der Waals surface area contributed by atoms with E-state index in [1.165, 1.54) is 5.56 Å². The van der Waals surface area contributed by atoms with Crippen LogP contribution in [-0.2, 0) is 11.2 Å². The molecule has 1 aliphatic rings. The molecule has 21 heavy (non-hydrogen) atoms. The van der Waals surface area contributed by atoms with Crippen molar-refractivity contribution in [1.82, 2.24) is 5.32 Å². The predicted molar refractivity (Wildman–Crippen MR) is 82.8 cm³/mol. The molecule has 2 aromatic carbocycles. The van der Waals surface area contributed by atoms with Crippen molar-refractivity contribution in [2.45, 2.75) is 19.4 Å². The molecule has 0 spiro atoms. The summed E-state index contributed by atoms with van der Waals surface area (Å²) in [5.41, 5.74) is 3.00. The normalized spacial score (nSPS) is 16.5. The second-order valence-electron chi connectivity index (χ2n) is 5.06. The fourth-order valence-electron chi connectivity index (χ4n) is 2.56. The first-order valence-electron chi connectivity index (χ1n) is 7.10. The van der Waals surface area contributed by atoms with Crippen LogP contribution in [0, 0.1) is 0 Å². The number of anilines is 1. The van der Waals surface area contributed by atoms with Crippen LogP contribution in [0.1, 0.15) is 24.1 Å². The standard InChI is InChI=1S/C17H18N2O2/c1-3-11-5-4-6-12(9-11)21-13-7-8-14-15(10-13)19-17(20)16(14)18-2/h4-10,16,18H,3H2,1-2H3,(H,19,20). The number of hydrogen-bond donors (Lipinski definition) is 2. The van der Waals surface area contributed by atoms with Gasteiger partial charge < -0.3 is 15.4 Å². The number of ether oxygens (including phenoxy) is 1. The van der Waals surface area contributed by atoms with Gasteiger partial charge in [-0.25, -0.2) is 0 Å². The summed E-state index contributed by atoms with van der Waals surface area (Å²) >= 11 is 0.